The molecule has 158 valence electrons. The number of aryl methyl sites for hydroxylation is 3. The Labute approximate surface area is 173 Å². The van der Waals surface area contributed by atoms with E-state index in [9.17, 15) is 9.36 Å². The third-order valence-electron chi connectivity index (χ3n) is 4.75. The fourth-order valence-corrected chi connectivity index (χ4v) is 5.41. The van der Waals surface area contributed by atoms with Gasteiger partial charge in [-0.3, -0.25) is 4.57 Å². The first kappa shape index (κ1) is 23.1. The number of hydrogen-bond donors (Lipinski definition) is 2. The van der Waals surface area contributed by atoms with Crippen LogP contribution in [-0.4, -0.2) is 19.2 Å². The van der Waals surface area contributed by atoms with Crippen molar-refractivity contribution in [1.82, 2.24) is 5.32 Å². The molecule has 29 heavy (non-hydrogen) atoms. The number of benzene rings is 2. The van der Waals surface area contributed by atoms with Crippen molar-refractivity contribution in [3.8, 4) is 0 Å². The summed E-state index contributed by atoms with van der Waals surface area (Å²) in [4.78, 5) is 13.0. The molecular formula is C22H31N2O4P. The Bertz CT molecular complexity index is 868. The standard InChI is InChI=1S/C22H31N2O4P/c1-7-27-29(26,28-8-2)22(6,19-12-10-9-11-13-19)24-21(25)23-20-17(4)14-16(3)15-18(20)5/h9-15H,7-8H2,1-6H3,(H2,23,24,25)/t22-/m1/s1. The highest BCUT2D eigenvalue weighted by molar-refractivity contribution is 7.55. The Morgan fingerprint density at radius 2 is 1.52 bits per heavy atom. The van der Waals surface area contributed by atoms with Gasteiger partial charge in [-0.25, -0.2) is 4.79 Å². The normalized spacial score (nSPS) is 13.6. The molecule has 0 fully saturated rings. The monoisotopic (exact) mass is 418 g/mol. The lowest BCUT2D eigenvalue weighted by molar-refractivity contribution is 0.188. The highest BCUT2D eigenvalue weighted by Crippen LogP contribution is 2.63. The zero-order chi connectivity index (χ0) is 21.7. The molecule has 0 bridgehead atoms. The van der Waals surface area contributed by atoms with Crippen molar-refractivity contribution in [3.05, 3.63) is 64.7 Å². The summed E-state index contributed by atoms with van der Waals surface area (Å²) in [5.41, 5.74) is 4.40. The van der Waals surface area contributed by atoms with E-state index >= 15 is 0 Å². The maximum Gasteiger partial charge on any atom is 0.360 e. The van der Waals surface area contributed by atoms with Gasteiger partial charge in [0.2, 0.25) is 0 Å². The van der Waals surface area contributed by atoms with E-state index in [2.05, 4.69) is 10.6 Å². The van der Waals surface area contributed by atoms with Crippen LogP contribution in [0.5, 0.6) is 0 Å². The molecule has 2 rings (SSSR count). The zero-order valence-corrected chi connectivity index (χ0v) is 18.9. The van der Waals surface area contributed by atoms with Crippen LogP contribution >= 0.6 is 7.60 Å². The van der Waals surface area contributed by atoms with Gasteiger partial charge >= 0.3 is 13.6 Å². The van der Waals surface area contributed by atoms with Crippen LogP contribution in [0.4, 0.5) is 10.5 Å². The molecule has 0 radical (unpaired) electrons. The Hall–Kier alpha value is -2.14. The topological polar surface area (TPSA) is 76.7 Å². The van der Waals surface area contributed by atoms with Crippen LogP contribution in [0, 0.1) is 20.8 Å². The van der Waals surface area contributed by atoms with Crippen molar-refractivity contribution in [2.75, 3.05) is 18.5 Å². The molecule has 1 atom stereocenters. The third-order valence-corrected chi connectivity index (χ3v) is 7.42. The molecule has 2 aromatic carbocycles. The summed E-state index contributed by atoms with van der Waals surface area (Å²) in [5.74, 6) is 0. The average molecular weight is 418 g/mol. The minimum atomic E-state index is -3.73. The van der Waals surface area contributed by atoms with Crippen LogP contribution in [-0.2, 0) is 18.9 Å². The molecule has 0 saturated heterocycles. The number of urea groups is 1. The average Bonchev–Trinajstić information content (AvgIpc) is 2.65. The molecule has 7 heteroatoms. The second-order valence-electron chi connectivity index (χ2n) is 7.12. The lowest BCUT2D eigenvalue weighted by Gasteiger charge is -2.37. The van der Waals surface area contributed by atoms with Crippen molar-refractivity contribution in [2.24, 2.45) is 0 Å². The molecule has 0 aromatic heterocycles. The van der Waals surface area contributed by atoms with E-state index in [1.54, 1.807) is 32.9 Å². The van der Waals surface area contributed by atoms with Gasteiger partial charge in [-0.15, -0.1) is 0 Å². The number of carbonyl (C=O) groups excluding carboxylic acids is 1. The van der Waals surface area contributed by atoms with Crippen molar-refractivity contribution < 1.29 is 18.4 Å². The third kappa shape index (κ3) is 5.08. The van der Waals surface area contributed by atoms with Crippen LogP contribution in [0.15, 0.2) is 42.5 Å². The molecule has 0 aliphatic rings. The van der Waals surface area contributed by atoms with Gasteiger partial charge in [0.15, 0.2) is 5.28 Å². The van der Waals surface area contributed by atoms with Crippen LogP contribution in [0.25, 0.3) is 0 Å². The minimum Gasteiger partial charge on any atom is -0.317 e. The maximum atomic E-state index is 13.7. The van der Waals surface area contributed by atoms with E-state index in [-0.39, 0.29) is 13.2 Å². The molecular weight excluding hydrogens is 387 g/mol. The van der Waals surface area contributed by atoms with Gasteiger partial charge in [-0.1, -0.05) is 48.0 Å². The van der Waals surface area contributed by atoms with E-state index in [4.69, 9.17) is 9.05 Å². The van der Waals surface area contributed by atoms with Gasteiger partial charge in [0.05, 0.1) is 13.2 Å². The minimum absolute atomic E-state index is 0.194. The summed E-state index contributed by atoms with van der Waals surface area (Å²) in [5, 5.41) is 4.42. The largest absolute Gasteiger partial charge is 0.360 e. The van der Waals surface area contributed by atoms with E-state index < -0.39 is 18.9 Å². The van der Waals surface area contributed by atoms with Gasteiger partial charge in [-0.2, -0.15) is 0 Å². The quantitative estimate of drug-likeness (QED) is 0.526. The van der Waals surface area contributed by atoms with E-state index in [0.29, 0.717) is 5.56 Å². The molecule has 2 amide bonds. The summed E-state index contributed by atoms with van der Waals surface area (Å²) in [6, 6.07) is 12.6. The summed E-state index contributed by atoms with van der Waals surface area (Å²) in [7, 11) is -3.73. The second-order valence-corrected chi connectivity index (χ2v) is 9.53. The number of anilines is 1. The number of rotatable bonds is 8. The van der Waals surface area contributed by atoms with Gasteiger partial charge in [0, 0.05) is 5.69 Å². The number of amides is 2. The molecule has 0 spiro atoms. The summed E-state index contributed by atoms with van der Waals surface area (Å²) in [6.07, 6.45) is 0. The van der Waals surface area contributed by atoms with Gasteiger partial charge < -0.3 is 19.7 Å². The highest BCUT2D eigenvalue weighted by atomic mass is 31.2. The summed E-state index contributed by atoms with van der Waals surface area (Å²) >= 11 is 0. The Kier molecular flexibility index (Phi) is 7.64. The van der Waals surface area contributed by atoms with Crippen molar-refractivity contribution in [1.29, 1.82) is 0 Å². The van der Waals surface area contributed by atoms with E-state index in [0.717, 1.165) is 22.4 Å². The fourth-order valence-electron chi connectivity index (χ4n) is 3.44. The van der Waals surface area contributed by atoms with Crippen LogP contribution < -0.4 is 10.6 Å². The molecule has 0 aliphatic carbocycles. The smallest absolute Gasteiger partial charge is 0.317 e. The maximum absolute atomic E-state index is 13.7. The van der Waals surface area contributed by atoms with Crippen LogP contribution in [0.3, 0.4) is 0 Å². The Morgan fingerprint density at radius 3 is 2.00 bits per heavy atom. The predicted molar refractivity (Wildman–Crippen MR) is 117 cm³/mol. The van der Waals surface area contributed by atoms with Crippen molar-refractivity contribution in [3.63, 3.8) is 0 Å². The molecule has 0 heterocycles. The molecule has 2 aromatic rings. The Balaban J connectivity index is 2.43. The molecule has 6 nitrogen and oxygen atoms in total. The lowest BCUT2D eigenvalue weighted by Crippen LogP contribution is -2.46. The first-order valence-corrected chi connectivity index (χ1v) is 11.3. The van der Waals surface area contributed by atoms with Crippen LogP contribution in [0.2, 0.25) is 0 Å². The SMILES string of the molecule is CCOP(=O)(OCC)[C@@](C)(NC(=O)Nc1c(C)cc(C)cc1C)c1ccccc1. The first-order chi connectivity index (χ1) is 13.7. The van der Waals surface area contributed by atoms with Crippen LogP contribution in [0.1, 0.15) is 43.0 Å². The second kappa shape index (κ2) is 9.57. The zero-order valence-electron chi connectivity index (χ0n) is 18.0. The van der Waals surface area contributed by atoms with Crippen molar-refractivity contribution >= 4 is 19.3 Å². The molecule has 0 aliphatic heterocycles. The Morgan fingerprint density at radius 1 is 1.00 bits per heavy atom. The number of hydrogen-bond acceptors (Lipinski definition) is 4. The molecule has 0 saturated carbocycles. The van der Waals surface area contributed by atoms with Gasteiger partial charge in [0.25, 0.3) is 0 Å². The van der Waals surface area contributed by atoms with Crippen molar-refractivity contribution in [2.45, 2.75) is 46.8 Å². The summed E-state index contributed by atoms with van der Waals surface area (Å²) in [6.45, 7) is 11.4. The van der Waals surface area contributed by atoms with Gasteiger partial charge in [0.1, 0.15) is 0 Å². The predicted octanol–water partition coefficient (Wildman–Crippen LogP) is 5.87. The van der Waals surface area contributed by atoms with E-state index in [1.165, 1.54) is 0 Å². The van der Waals surface area contributed by atoms with E-state index in [1.807, 2.05) is 51.1 Å². The highest BCUT2D eigenvalue weighted by Gasteiger charge is 2.50. The lowest BCUT2D eigenvalue weighted by atomic mass is 10.1. The number of carbonyl (C=O) groups is 1. The molecule has 2 N–H and O–H groups in total. The fraction of sp³-hybridized carbons (Fsp3) is 0.409. The van der Waals surface area contributed by atoms with Gasteiger partial charge in [-0.05, 0) is 58.2 Å². The molecule has 0 unspecified atom stereocenters. The first-order valence-electron chi connectivity index (χ1n) is 9.78. The summed E-state index contributed by atoms with van der Waals surface area (Å²) < 4.78 is 24.9. The number of nitrogens with one attached hydrogen (secondary N) is 2.